The van der Waals surface area contributed by atoms with Crippen molar-refractivity contribution in [1.82, 2.24) is 9.97 Å². The van der Waals surface area contributed by atoms with Gasteiger partial charge in [0.2, 0.25) is 0 Å². The number of benzene rings is 1. The molecule has 3 aromatic rings. The van der Waals surface area contributed by atoms with Crippen LogP contribution in [0.4, 0.5) is 5.82 Å². The van der Waals surface area contributed by atoms with Crippen molar-refractivity contribution in [3.63, 3.8) is 0 Å². The maximum Gasteiger partial charge on any atom is 0.166 e. The van der Waals surface area contributed by atoms with Crippen LogP contribution in [0.15, 0.2) is 55.0 Å². The Bertz CT molecular complexity index is 805. The summed E-state index contributed by atoms with van der Waals surface area (Å²) in [7, 11) is 0. The zero-order valence-corrected chi connectivity index (χ0v) is 13.6. The molecule has 23 heavy (non-hydrogen) atoms. The van der Waals surface area contributed by atoms with Gasteiger partial charge < -0.3 is 10.5 Å². The predicted octanol–water partition coefficient (Wildman–Crippen LogP) is 4.61. The number of nitrogens with two attached hydrogens (primary N) is 1. The first-order valence-electron chi connectivity index (χ1n) is 6.87. The summed E-state index contributed by atoms with van der Waals surface area (Å²) in [6, 6.07) is 10.9. The second kappa shape index (κ2) is 6.86. The molecule has 0 unspecified atom stereocenters. The molecule has 0 saturated carbocycles. The van der Waals surface area contributed by atoms with Gasteiger partial charge in [0, 0.05) is 39.8 Å². The summed E-state index contributed by atoms with van der Waals surface area (Å²) >= 11 is 12.3. The lowest BCUT2D eigenvalue weighted by Gasteiger charge is -2.12. The summed E-state index contributed by atoms with van der Waals surface area (Å²) in [4.78, 5) is 8.18. The molecular weight excluding hydrogens is 333 g/mol. The molecule has 3 rings (SSSR count). The molecule has 4 nitrogen and oxygen atoms in total. The normalized spacial score (nSPS) is 10.5. The second-order valence-corrected chi connectivity index (χ2v) is 5.65. The third kappa shape index (κ3) is 3.55. The summed E-state index contributed by atoms with van der Waals surface area (Å²) in [6.07, 6.45) is 5.13. The monoisotopic (exact) mass is 345 g/mol. The number of hydrogen-bond donors (Lipinski definition) is 1. The van der Waals surface area contributed by atoms with E-state index in [1.165, 1.54) is 0 Å². The first-order chi connectivity index (χ1) is 11.1. The Hall–Kier alpha value is -2.30. The number of nitrogen functional groups attached to an aromatic ring is 1. The zero-order valence-electron chi connectivity index (χ0n) is 12.0. The van der Waals surface area contributed by atoms with E-state index in [-0.39, 0.29) is 6.61 Å². The van der Waals surface area contributed by atoms with Crippen molar-refractivity contribution < 1.29 is 4.74 Å². The topological polar surface area (TPSA) is 61.0 Å². The molecule has 2 N–H and O–H groups in total. The van der Waals surface area contributed by atoms with Crippen LogP contribution < -0.4 is 10.5 Å². The van der Waals surface area contributed by atoms with Gasteiger partial charge in [0.05, 0.1) is 0 Å². The summed E-state index contributed by atoms with van der Waals surface area (Å²) < 4.78 is 5.77. The van der Waals surface area contributed by atoms with E-state index < -0.39 is 0 Å². The van der Waals surface area contributed by atoms with E-state index in [9.17, 15) is 0 Å². The Morgan fingerprint density at radius 3 is 2.39 bits per heavy atom. The number of nitrogens with zero attached hydrogens (tertiary/aromatic N) is 2. The van der Waals surface area contributed by atoms with Crippen molar-refractivity contribution >= 4 is 29.0 Å². The lowest BCUT2D eigenvalue weighted by Crippen LogP contribution is -2.02. The Morgan fingerprint density at radius 1 is 1.00 bits per heavy atom. The average molecular weight is 346 g/mol. The third-order valence-corrected chi connectivity index (χ3v) is 4.04. The van der Waals surface area contributed by atoms with E-state index >= 15 is 0 Å². The number of aromatic nitrogens is 2. The van der Waals surface area contributed by atoms with Crippen molar-refractivity contribution in [2.75, 3.05) is 5.73 Å². The van der Waals surface area contributed by atoms with Crippen LogP contribution in [-0.4, -0.2) is 9.97 Å². The molecule has 0 saturated heterocycles. The first kappa shape index (κ1) is 15.6. The molecule has 0 radical (unpaired) electrons. The molecule has 0 aliphatic rings. The van der Waals surface area contributed by atoms with Crippen molar-refractivity contribution in [2.24, 2.45) is 0 Å². The molecule has 0 amide bonds. The van der Waals surface area contributed by atoms with E-state index in [0.717, 1.165) is 11.1 Å². The number of pyridine rings is 2. The van der Waals surface area contributed by atoms with Gasteiger partial charge in [-0.15, -0.1) is 0 Å². The molecule has 2 heterocycles. The highest BCUT2D eigenvalue weighted by atomic mass is 35.5. The van der Waals surface area contributed by atoms with E-state index in [4.69, 9.17) is 33.7 Å². The van der Waals surface area contributed by atoms with E-state index in [2.05, 4.69) is 9.97 Å². The largest absolute Gasteiger partial charge is 0.485 e. The van der Waals surface area contributed by atoms with Gasteiger partial charge in [-0.3, -0.25) is 4.98 Å². The first-order valence-corrected chi connectivity index (χ1v) is 7.62. The molecule has 0 atom stereocenters. The van der Waals surface area contributed by atoms with E-state index in [0.29, 0.717) is 27.2 Å². The molecule has 0 aliphatic carbocycles. The fourth-order valence-electron chi connectivity index (χ4n) is 2.09. The number of ether oxygens (including phenoxy) is 1. The molecule has 2 aromatic heterocycles. The van der Waals surface area contributed by atoms with Gasteiger partial charge in [-0.05, 0) is 35.9 Å². The lowest BCUT2D eigenvalue weighted by atomic mass is 10.1. The van der Waals surface area contributed by atoms with Crippen molar-refractivity contribution in [1.29, 1.82) is 0 Å². The molecule has 0 spiro atoms. The van der Waals surface area contributed by atoms with Crippen LogP contribution >= 0.6 is 23.2 Å². The molecular formula is C17H13Cl2N3O. The minimum Gasteiger partial charge on any atom is -0.485 e. The standard InChI is InChI=1S/C17H13Cl2N3O/c18-14-2-1-3-15(19)13(14)10-23-16-8-12(9-22-17(16)20)11-4-6-21-7-5-11/h1-9H,10H2,(H2,20,22). The number of hydrogen-bond acceptors (Lipinski definition) is 4. The Balaban J connectivity index is 1.86. The number of rotatable bonds is 4. The molecule has 1 aromatic carbocycles. The predicted molar refractivity (Wildman–Crippen MR) is 92.7 cm³/mol. The Kier molecular flexibility index (Phi) is 4.65. The van der Waals surface area contributed by atoms with E-state index in [1.54, 1.807) is 36.8 Å². The zero-order chi connectivity index (χ0) is 16.2. The smallest absolute Gasteiger partial charge is 0.166 e. The van der Waals surface area contributed by atoms with Crippen molar-refractivity contribution in [3.8, 4) is 16.9 Å². The van der Waals surface area contributed by atoms with Gasteiger partial charge >= 0.3 is 0 Å². The van der Waals surface area contributed by atoms with Gasteiger partial charge in [0.25, 0.3) is 0 Å². The summed E-state index contributed by atoms with van der Waals surface area (Å²) in [5, 5.41) is 1.10. The van der Waals surface area contributed by atoms with Gasteiger partial charge in [-0.1, -0.05) is 29.3 Å². The average Bonchev–Trinajstić information content (AvgIpc) is 2.57. The van der Waals surface area contributed by atoms with Crippen LogP contribution in [-0.2, 0) is 6.61 Å². The van der Waals surface area contributed by atoms with Crippen LogP contribution in [0.25, 0.3) is 11.1 Å². The molecule has 0 aliphatic heterocycles. The van der Waals surface area contributed by atoms with Crippen molar-refractivity contribution in [2.45, 2.75) is 6.61 Å². The SMILES string of the molecule is Nc1ncc(-c2ccncc2)cc1OCc1c(Cl)cccc1Cl. The van der Waals surface area contributed by atoms with Gasteiger partial charge in [0.15, 0.2) is 11.6 Å². The van der Waals surface area contributed by atoms with Crippen LogP contribution in [0, 0.1) is 0 Å². The van der Waals surface area contributed by atoms with Crippen LogP contribution in [0.1, 0.15) is 5.56 Å². The highest BCUT2D eigenvalue weighted by Gasteiger charge is 2.10. The highest BCUT2D eigenvalue weighted by Crippen LogP contribution is 2.30. The summed E-state index contributed by atoms with van der Waals surface area (Å²) in [5.41, 5.74) is 8.48. The molecule has 116 valence electrons. The number of anilines is 1. The molecule has 6 heteroatoms. The van der Waals surface area contributed by atoms with Gasteiger partial charge in [-0.2, -0.15) is 0 Å². The van der Waals surface area contributed by atoms with Crippen LogP contribution in [0.2, 0.25) is 10.0 Å². The summed E-state index contributed by atoms with van der Waals surface area (Å²) in [5.74, 6) is 0.793. The summed E-state index contributed by atoms with van der Waals surface area (Å²) in [6.45, 7) is 0.212. The number of halogens is 2. The van der Waals surface area contributed by atoms with Gasteiger partial charge in [0.1, 0.15) is 6.61 Å². The second-order valence-electron chi connectivity index (χ2n) is 4.83. The maximum atomic E-state index is 6.14. The Morgan fingerprint density at radius 2 is 1.70 bits per heavy atom. The molecule has 0 fully saturated rings. The Labute approximate surface area is 143 Å². The molecule has 0 bridgehead atoms. The van der Waals surface area contributed by atoms with Crippen LogP contribution in [0.3, 0.4) is 0 Å². The van der Waals surface area contributed by atoms with Crippen LogP contribution in [0.5, 0.6) is 5.75 Å². The fourth-order valence-corrected chi connectivity index (χ4v) is 2.60. The van der Waals surface area contributed by atoms with Gasteiger partial charge in [-0.25, -0.2) is 4.98 Å². The van der Waals surface area contributed by atoms with E-state index in [1.807, 2.05) is 18.2 Å². The third-order valence-electron chi connectivity index (χ3n) is 3.33. The quantitative estimate of drug-likeness (QED) is 0.749. The fraction of sp³-hybridized carbons (Fsp3) is 0.0588. The maximum absolute atomic E-state index is 6.14. The minimum atomic E-state index is 0.212. The lowest BCUT2D eigenvalue weighted by molar-refractivity contribution is 0.307. The van der Waals surface area contributed by atoms with Crippen molar-refractivity contribution in [3.05, 3.63) is 70.6 Å². The minimum absolute atomic E-state index is 0.212. The highest BCUT2D eigenvalue weighted by molar-refractivity contribution is 6.35.